The third-order valence-electron chi connectivity index (χ3n) is 5.11. The Labute approximate surface area is 179 Å². The molecule has 1 fully saturated rings. The number of nitrogens with one attached hydrogen (secondary N) is 1. The van der Waals surface area contributed by atoms with Gasteiger partial charge in [-0.2, -0.15) is 0 Å². The number of benzene rings is 1. The van der Waals surface area contributed by atoms with Crippen LogP contribution < -0.4 is 15.0 Å². The highest BCUT2D eigenvalue weighted by molar-refractivity contribution is 5.94. The summed E-state index contributed by atoms with van der Waals surface area (Å²) in [4.78, 5) is 29.5. The highest BCUT2D eigenvalue weighted by Crippen LogP contribution is 2.21. The molecule has 1 saturated heterocycles. The number of methoxy groups -OCH3 is 1. The summed E-state index contributed by atoms with van der Waals surface area (Å²) in [5.41, 5.74) is 1.41. The molecule has 4 rings (SSSR count). The molecule has 0 bridgehead atoms. The Morgan fingerprint density at radius 2 is 1.81 bits per heavy atom. The highest BCUT2D eigenvalue weighted by atomic mass is 19.1. The molecule has 1 aliphatic heterocycles. The van der Waals surface area contributed by atoms with Crippen LogP contribution in [0.3, 0.4) is 0 Å². The number of aryl methyl sites for hydroxylation is 1. The van der Waals surface area contributed by atoms with Crippen LogP contribution in [0.5, 0.6) is 5.75 Å². The van der Waals surface area contributed by atoms with Gasteiger partial charge in [0.15, 0.2) is 11.6 Å². The number of carbonyl (C=O) groups is 1. The first-order chi connectivity index (χ1) is 15.0. The quantitative estimate of drug-likeness (QED) is 0.677. The third-order valence-corrected chi connectivity index (χ3v) is 5.11. The van der Waals surface area contributed by atoms with Crippen molar-refractivity contribution in [1.82, 2.24) is 19.9 Å². The van der Waals surface area contributed by atoms with Crippen molar-refractivity contribution in [3.8, 4) is 5.75 Å². The van der Waals surface area contributed by atoms with Gasteiger partial charge in [0.25, 0.3) is 5.91 Å². The van der Waals surface area contributed by atoms with Gasteiger partial charge in [-0.25, -0.2) is 19.3 Å². The standard InChI is InChI=1S/C22H23FN6O2/c1-15-5-6-24-19(11-15)27-20-13-21(26-14-25-20)28-7-9-29(10-8-28)22(30)16-3-4-18(31-2)17(23)12-16/h3-6,11-14H,7-10H2,1-2H3,(H,24,25,26,27). The first-order valence-electron chi connectivity index (χ1n) is 9.93. The lowest BCUT2D eigenvalue weighted by molar-refractivity contribution is 0.0746. The maximum absolute atomic E-state index is 13.9. The van der Waals surface area contributed by atoms with Crippen molar-refractivity contribution in [2.24, 2.45) is 0 Å². The second-order valence-electron chi connectivity index (χ2n) is 7.23. The van der Waals surface area contributed by atoms with Crippen molar-refractivity contribution in [1.29, 1.82) is 0 Å². The molecule has 0 saturated carbocycles. The zero-order valence-corrected chi connectivity index (χ0v) is 17.4. The predicted octanol–water partition coefficient (Wildman–Crippen LogP) is 3.03. The van der Waals surface area contributed by atoms with Crippen LogP contribution in [0.2, 0.25) is 0 Å². The Balaban J connectivity index is 1.39. The molecule has 1 aliphatic rings. The van der Waals surface area contributed by atoms with Crippen molar-refractivity contribution in [3.05, 3.63) is 65.9 Å². The first kappa shape index (κ1) is 20.5. The molecular formula is C22H23FN6O2. The van der Waals surface area contributed by atoms with Gasteiger partial charge >= 0.3 is 0 Å². The molecule has 0 unspecified atom stereocenters. The second kappa shape index (κ2) is 8.95. The number of pyridine rings is 1. The van der Waals surface area contributed by atoms with Crippen LogP contribution in [0, 0.1) is 12.7 Å². The number of rotatable bonds is 5. The van der Waals surface area contributed by atoms with Gasteiger partial charge in [-0.1, -0.05) is 0 Å². The number of halogens is 1. The molecule has 1 amide bonds. The molecule has 2 aromatic heterocycles. The molecule has 0 aliphatic carbocycles. The molecule has 3 aromatic rings. The van der Waals surface area contributed by atoms with Crippen molar-refractivity contribution in [2.75, 3.05) is 43.5 Å². The molecule has 0 spiro atoms. The normalized spacial score (nSPS) is 13.8. The molecule has 0 radical (unpaired) electrons. The van der Waals surface area contributed by atoms with E-state index < -0.39 is 5.82 Å². The van der Waals surface area contributed by atoms with Gasteiger partial charge in [0.1, 0.15) is 23.8 Å². The van der Waals surface area contributed by atoms with Gasteiger partial charge in [-0.3, -0.25) is 4.79 Å². The smallest absolute Gasteiger partial charge is 0.254 e. The van der Waals surface area contributed by atoms with E-state index in [4.69, 9.17) is 4.74 Å². The van der Waals surface area contributed by atoms with Gasteiger partial charge in [0.2, 0.25) is 0 Å². The number of nitrogens with zero attached hydrogens (tertiary/aromatic N) is 5. The second-order valence-corrected chi connectivity index (χ2v) is 7.23. The molecule has 3 heterocycles. The maximum atomic E-state index is 13.9. The topological polar surface area (TPSA) is 83.5 Å². The zero-order chi connectivity index (χ0) is 21.8. The molecule has 8 nitrogen and oxygen atoms in total. The van der Waals surface area contributed by atoms with Crippen LogP contribution in [-0.2, 0) is 0 Å². The summed E-state index contributed by atoms with van der Waals surface area (Å²) in [7, 11) is 1.39. The van der Waals surface area contributed by atoms with Crippen molar-refractivity contribution < 1.29 is 13.9 Å². The number of hydrogen-bond donors (Lipinski definition) is 1. The van der Waals surface area contributed by atoms with Crippen LogP contribution in [0.1, 0.15) is 15.9 Å². The summed E-state index contributed by atoms with van der Waals surface area (Å²) in [5.74, 6) is 1.51. The lowest BCUT2D eigenvalue weighted by atomic mass is 10.1. The minimum Gasteiger partial charge on any atom is -0.494 e. The molecule has 0 atom stereocenters. The van der Waals surface area contributed by atoms with Crippen LogP contribution >= 0.6 is 0 Å². The molecule has 1 aromatic carbocycles. The van der Waals surface area contributed by atoms with E-state index >= 15 is 0 Å². The van der Waals surface area contributed by atoms with E-state index in [9.17, 15) is 9.18 Å². The number of carbonyl (C=O) groups excluding carboxylic acids is 1. The number of amides is 1. The minimum atomic E-state index is -0.545. The predicted molar refractivity (Wildman–Crippen MR) is 115 cm³/mol. The lowest BCUT2D eigenvalue weighted by Crippen LogP contribution is -2.49. The van der Waals surface area contributed by atoms with E-state index in [0.717, 1.165) is 11.4 Å². The van der Waals surface area contributed by atoms with E-state index in [2.05, 4.69) is 25.2 Å². The fraction of sp³-hybridized carbons (Fsp3) is 0.273. The average molecular weight is 422 g/mol. The lowest BCUT2D eigenvalue weighted by Gasteiger charge is -2.35. The Morgan fingerprint density at radius 3 is 2.52 bits per heavy atom. The average Bonchev–Trinajstić information content (AvgIpc) is 2.79. The zero-order valence-electron chi connectivity index (χ0n) is 17.4. The fourth-order valence-corrected chi connectivity index (χ4v) is 3.44. The van der Waals surface area contributed by atoms with E-state index in [-0.39, 0.29) is 11.7 Å². The van der Waals surface area contributed by atoms with Crippen LogP contribution in [-0.4, -0.2) is 59.0 Å². The summed E-state index contributed by atoms with van der Waals surface area (Å²) in [6.07, 6.45) is 3.25. The number of hydrogen-bond acceptors (Lipinski definition) is 7. The van der Waals surface area contributed by atoms with E-state index in [1.165, 1.54) is 25.6 Å². The molecule has 31 heavy (non-hydrogen) atoms. The maximum Gasteiger partial charge on any atom is 0.254 e. The SMILES string of the molecule is COc1ccc(C(=O)N2CCN(c3cc(Nc4cc(C)ccn4)ncn3)CC2)cc1F. The molecule has 9 heteroatoms. The Bertz CT molecular complexity index is 1090. The summed E-state index contributed by atoms with van der Waals surface area (Å²) in [6, 6.07) is 10.00. The Kier molecular flexibility index (Phi) is 5.92. The summed E-state index contributed by atoms with van der Waals surface area (Å²) >= 11 is 0. The number of piperazine rings is 1. The van der Waals surface area contributed by atoms with Gasteiger partial charge in [0.05, 0.1) is 7.11 Å². The van der Waals surface area contributed by atoms with Crippen LogP contribution in [0.15, 0.2) is 48.9 Å². The van der Waals surface area contributed by atoms with Gasteiger partial charge in [0, 0.05) is 44.0 Å². The summed E-state index contributed by atoms with van der Waals surface area (Å²) in [6.45, 7) is 4.25. The van der Waals surface area contributed by atoms with Gasteiger partial charge in [-0.15, -0.1) is 0 Å². The van der Waals surface area contributed by atoms with E-state index in [1.807, 2.05) is 25.1 Å². The van der Waals surface area contributed by atoms with Gasteiger partial charge < -0.3 is 19.9 Å². The molecular weight excluding hydrogens is 399 g/mol. The molecule has 160 valence electrons. The summed E-state index contributed by atoms with van der Waals surface area (Å²) < 4.78 is 18.9. The van der Waals surface area contributed by atoms with Crippen molar-refractivity contribution in [2.45, 2.75) is 6.92 Å². The Hall–Kier alpha value is -3.75. The minimum absolute atomic E-state index is 0.121. The number of anilines is 3. The fourth-order valence-electron chi connectivity index (χ4n) is 3.44. The van der Waals surface area contributed by atoms with E-state index in [1.54, 1.807) is 17.2 Å². The monoisotopic (exact) mass is 422 g/mol. The Morgan fingerprint density at radius 1 is 1.03 bits per heavy atom. The third kappa shape index (κ3) is 4.71. The highest BCUT2D eigenvalue weighted by Gasteiger charge is 2.24. The van der Waals surface area contributed by atoms with Gasteiger partial charge in [-0.05, 0) is 42.8 Å². The van der Waals surface area contributed by atoms with Crippen molar-refractivity contribution in [3.63, 3.8) is 0 Å². The van der Waals surface area contributed by atoms with Crippen LogP contribution in [0.4, 0.5) is 21.8 Å². The van der Waals surface area contributed by atoms with E-state index in [0.29, 0.717) is 43.4 Å². The van der Waals surface area contributed by atoms with Crippen LogP contribution in [0.25, 0.3) is 0 Å². The number of ether oxygens (including phenoxy) is 1. The van der Waals surface area contributed by atoms with Crippen molar-refractivity contribution >= 4 is 23.4 Å². The molecule has 1 N–H and O–H groups in total. The first-order valence-corrected chi connectivity index (χ1v) is 9.93. The summed E-state index contributed by atoms with van der Waals surface area (Å²) in [5, 5.41) is 3.19. The largest absolute Gasteiger partial charge is 0.494 e. The number of aromatic nitrogens is 3.